The maximum Gasteiger partial charge on any atom is 0.251 e. The van der Waals surface area contributed by atoms with Crippen LogP contribution in [-0.4, -0.2) is 34.8 Å². The Morgan fingerprint density at radius 1 is 1.33 bits per heavy atom. The van der Waals surface area contributed by atoms with Crippen molar-refractivity contribution in [2.24, 2.45) is 7.05 Å². The summed E-state index contributed by atoms with van der Waals surface area (Å²) in [5.41, 5.74) is 9.43. The van der Waals surface area contributed by atoms with Crippen molar-refractivity contribution in [3.8, 4) is 11.3 Å². The van der Waals surface area contributed by atoms with Gasteiger partial charge in [0.1, 0.15) is 5.82 Å². The van der Waals surface area contributed by atoms with Gasteiger partial charge in [0.05, 0.1) is 16.9 Å². The van der Waals surface area contributed by atoms with Gasteiger partial charge in [-0.25, -0.2) is 4.39 Å². The molecule has 0 saturated carbocycles. The number of hydrogen-bond acceptors (Lipinski definition) is 4. The summed E-state index contributed by atoms with van der Waals surface area (Å²) in [5, 5.41) is 11.0. The quantitative estimate of drug-likeness (QED) is 0.557. The summed E-state index contributed by atoms with van der Waals surface area (Å²) < 4.78 is 15.3. The second kappa shape index (κ2) is 8.45. The number of halogens is 2. The molecule has 0 unspecified atom stereocenters. The highest BCUT2D eigenvalue weighted by molar-refractivity contribution is 6.33. The van der Waals surface area contributed by atoms with Gasteiger partial charge in [0.15, 0.2) is 0 Å². The number of piperidine rings is 1. The molecule has 4 rings (SSSR count). The third kappa shape index (κ3) is 4.04. The third-order valence-corrected chi connectivity index (χ3v) is 5.81. The summed E-state index contributed by atoms with van der Waals surface area (Å²) in [4.78, 5) is 12.9. The Kier molecular flexibility index (Phi) is 5.74. The van der Waals surface area contributed by atoms with Crippen molar-refractivity contribution < 1.29 is 9.18 Å². The fraction of sp³-hybridized carbons (Fsp3) is 0.273. The Balaban J connectivity index is 1.55. The van der Waals surface area contributed by atoms with E-state index in [0.29, 0.717) is 34.1 Å². The molecule has 156 valence electrons. The van der Waals surface area contributed by atoms with Crippen LogP contribution in [0.5, 0.6) is 0 Å². The van der Waals surface area contributed by atoms with Gasteiger partial charge in [0, 0.05) is 42.4 Å². The molecule has 1 aliphatic heterocycles. The zero-order valence-corrected chi connectivity index (χ0v) is 17.3. The van der Waals surface area contributed by atoms with Crippen LogP contribution in [0, 0.1) is 5.82 Å². The van der Waals surface area contributed by atoms with E-state index in [2.05, 4.69) is 15.7 Å². The summed E-state index contributed by atoms with van der Waals surface area (Å²) in [7, 11) is 1.78. The van der Waals surface area contributed by atoms with E-state index in [-0.39, 0.29) is 23.7 Å². The van der Waals surface area contributed by atoms with Crippen molar-refractivity contribution in [2.45, 2.75) is 18.4 Å². The number of nitrogens with one attached hydrogen (secondary N) is 2. The number of aryl methyl sites for hydroxylation is 1. The number of hydrogen-bond donors (Lipinski definition) is 3. The molecule has 2 atom stereocenters. The molecule has 2 aromatic carbocycles. The van der Waals surface area contributed by atoms with Crippen LogP contribution in [0.15, 0.2) is 48.7 Å². The van der Waals surface area contributed by atoms with E-state index in [1.54, 1.807) is 48.3 Å². The van der Waals surface area contributed by atoms with Gasteiger partial charge in [-0.05, 0) is 48.9 Å². The zero-order chi connectivity index (χ0) is 21.3. The van der Waals surface area contributed by atoms with Crippen LogP contribution in [0.4, 0.5) is 10.1 Å². The molecule has 8 heteroatoms. The summed E-state index contributed by atoms with van der Waals surface area (Å²) in [6.45, 7) is 1.44. The molecule has 0 aliphatic carbocycles. The molecule has 2 heterocycles. The average molecular weight is 428 g/mol. The first-order chi connectivity index (χ1) is 14.4. The number of anilines is 1. The molecular formula is C22H23ClFN5O. The molecule has 1 saturated heterocycles. The number of amides is 1. The van der Waals surface area contributed by atoms with E-state index >= 15 is 0 Å². The molecule has 0 bridgehead atoms. The molecule has 4 N–H and O–H groups in total. The minimum absolute atomic E-state index is 0.0377. The number of aromatic nitrogens is 2. The van der Waals surface area contributed by atoms with Gasteiger partial charge in [-0.15, -0.1) is 0 Å². The molecule has 1 fully saturated rings. The predicted octanol–water partition coefficient (Wildman–Crippen LogP) is 3.34. The minimum Gasteiger partial charge on any atom is -0.398 e. The van der Waals surface area contributed by atoms with Crippen molar-refractivity contribution in [3.63, 3.8) is 0 Å². The van der Waals surface area contributed by atoms with Crippen LogP contribution in [0.25, 0.3) is 11.3 Å². The van der Waals surface area contributed by atoms with Crippen LogP contribution >= 0.6 is 11.6 Å². The molecule has 0 radical (unpaired) electrons. The van der Waals surface area contributed by atoms with Crippen molar-refractivity contribution in [2.75, 3.05) is 18.8 Å². The van der Waals surface area contributed by atoms with Gasteiger partial charge in [-0.1, -0.05) is 23.7 Å². The van der Waals surface area contributed by atoms with Crippen LogP contribution in [0.2, 0.25) is 5.02 Å². The molecule has 1 aliphatic rings. The first kappa shape index (κ1) is 20.4. The molecule has 3 aromatic rings. The molecule has 1 amide bonds. The first-order valence-electron chi connectivity index (χ1n) is 9.78. The lowest BCUT2D eigenvalue weighted by atomic mass is 9.86. The van der Waals surface area contributed by atoms with Crippen LogP contribution in [0.3, 0.4) is 0 Å². The zero-order valence-electron chi connectivity index (χ0n) is 16.5. The summed E-state index contributed by atoms with van der Waals surface area (Å²) in [6.07, 6.45) is 2.37. The van der Waals surface area contributed by atoms with Gasteiger partial charge in [-0.3, -0.25) is 9.48 Å². The Morgan fingerprint density at radius 3 is 2.87 bits per heavy atom. The highest BCUT2D eigenvalue weighted by Crippen LogP contribution is 2.32. The number of benzene rings is 2. The van der Waals surface area contributed by atoms with Crippen LogP contribution in [0.1, 0.15) is 28.3 Å². The number of nitrogens with zero attached hydrogens (tertiary/aromatic N) is 2. The summed E-state index contributed by atoms with van der Waals surface area (Å²) in [6, 6.07) is 11.6. The Bertz CT molecular complexity index is 1060. The molecular weight excluding hydrogens is 405 g/mol. The molecule has 1 aromatic heterocycles. The standard InChI is InChI=1S/C22H23ClFN5O/c1-29-21(18(23)11-27-29)17-6-5-14(10-19(17)25)22(30)28-20-12-26-8-7-16(20)13-3-2-4-15(24)9-13/h2-6,9-11,16,20,26H,7-8,12,25H2,1H3,(H,28,30)/t16-,20+/m0/s1. The summed E-state index contributed by atoms with van der Waals surface area (Å²) >= 11 is 6.22. The minimum atomic E-state index is -0.270. The number of carbonyl (C=O) groups excluding carboxylic acids is 1. The smallest absolute Gasteiger partial charge is 0.251 e. The SMILES string of the molecule is Cn1ncc(Cl)c1-c1ccc(C(=O)N[C@@H]2CNCC[C@H]2c2cccc(F)c2)cc1N. The molecule has 30 heavy (non-hydrogen) atoms. The first-order valence-corrected chi connectivity index (χ1v) is 10.2. The van der Waals surface area contributed by atoms with E-state index in [1.807, 2.05) is 6.07 Å². The van der Waals surface area contributed by atoms with Crippen molar-refractivity contribution >= 4 is 23.2 Å². The number of carbonyl (C=O) groups is 1. The monoisotopic (exact) mass is 427 g/mol. The lowest BCUT2D eigenvalue weighted by Gasteiger charge is -2.33. The normalized spacial score (nSPS) is 18.9. The lowest BCUT2D eigenvalue weighted by Crippen LogP contribution is -2.50. The van der Waals surface area contributed by atoms with Crippen LogP contribution < -0.4 is 16.4 Å². The van der Waals surface area contributed by atoms with E-state index in [9.17, 15) is 9.18 Å². The van der Waals surface area contributed by atoms with Crippen molar-refractivity contribution in [1.29, 1.82) is 0 Å². The highest BCUT2D eigenvalue weighted by atomic mass is 35.5. The molecule has 0 spiro atoms. The number of rotatable bonds is 4. The lowest BCUT2D eigenvalue weighted by molar-refractivity contribution is 0.0924. The van der Waals surface area contributed by atoms with Gasteiger partial charge in [-0.2, -0.15) is 5.10 Å². The Labute approximate surface area is 179 Å². The topological polar surface area (TPSA) is 85.0 Å². The van der Waals surface area contributed by atoms with E-state index < -0.39 is 0 Å². The maximum absolute atomic E-state index is 13.7. The second-order valence-electron chi connectivity index (χ2n) is 7.50. The Hall–Kier alpha value is -2.90. The Morgan fingerprint density at radius 2 is 2.17 bits per heavy atom. The fourth-order valence-corrected chi connectivity index (χ4v) is 4.30. The predicted molar refractivity (Wildman–Crippen MR) is 116 cm³/mol. The largest absolute Gasteiger partial charge is 0.398 e. The van der Waals surface area contributed by atoms with E-state index in [4.69, 9.17) is 17.3 Å². The van der Waals surface area contributed by atoms with Crippen LogP contribution in [-0.2, 0) is 7.05 Å². The average Bonchev–Trinajstić information content (AvgIpc) is 3.06. The van der Waals surface area contributed by atoms with Gasteiger partial charge in [0.25, 0.3) is 5.91 Å². The van der Waals surface area contributed by atoms with E-state index in [0.717, 1.165) is 18.5 Å². The second-order valence-corrected chi connectivity index (χ2v) is 7.91. The molecule has 6 nitrogen and oxygen atoms in total. The van der Waals surface area contributed by atoms with Crippen molar-refractivity contribution in [3.05, 3.63) is 70.6 Å². The van der Waals surface area contributed by atoms with Gasteiger partial charge in [0.2, 0.25) is 0 Å². The van der Waals surface area contributed by atoms with Crippen molar-refractivity contribution in [1.82, 2.24) is 20.4 Å². The van der Waals surface area contributed by atoms with Gasteiger partial charge >= 0.3 is 0 Å². The third-order valence-electron chi connectivity index (χ3n) is 5.54. The van der Waals surface area contributed by atoms with Gasteiger partial charge < -0.3 is 16.4 Å². The number of nitrogen functional groups attached to an aromatic ring is 1. The van der Waals surface area contributed by atoms with E-state index in [1.165, 1.54) is 6.07 Å². The maximum atomic E-state index is 13.7. The summed E-state index contributed by atoms with van der Waals surface area (Å²) in [5.74, 6) is -0.455. The number of nitrogens with two attached hydrogens (primary N) is 1. The highest BCUT2D eigenvalue weighted by Gasteiger charge is 2.28. The fourth-order valence-electron chi connectivity index (χ4n) is 4.03.